The van der Waals surface area contributed by atoms with Gasteiger partial charge in [0.05, 0.1) is 7.11 Å². The molecule has 0 bridgehead atoms. The molecule has 5 nitrogen and oxygen atoms in total. The fourth-order valence-electron chi connectivity index (χ4n) is 2.02. The summed E-state index contributed by atoms with van der Waals surface area (Å²) >= 11 is 0. The van der Waals surface area contributed by atoms with E-state index in [9.17, 15) is 0 Å². The van der Waals surface area contributed by atoms with Gasteiger partial charge >= 0.3 is 0 Å². The second kappa shape index (κ2) is 10.8. The van der Waals surface area contributed by atoms with Gasteiger partial charge in [0.15, 0.2) is 11.5 Å². The molecule has 0 amide bonds. The lowest BCUT2D eigenvalue weighted by Crippen LogP contribution is -2.17. The molecule has 2 rings (SSSR count). The first-order chi connectivity index (χ1) is 10.7. The van der Waals surface area contributed by atoms with Gasteiger partial charge in [0.25, 0.3) is 0 Å². The molecule has 24 heavy (non-hydrogen) atoms. The molecule has 132 valence electrons. The molecule has 0 saturated heterocycles. The van der Waals surface area contributed by atoms with Crippen molar-refractivity contribution in [1.29, 1.82) is 5.41 Å². The summed E-state index contributed by atoms with van der Waals surface area (Å²) in [6.07, 6.45) is 0. The Labute approximate surface area is 154 Å². The molecule has 0 radical (unpaired) electrons. The minimum atomic E-state index is 0. The standard InChI is InChI=1S/C17H21N3O2.2ClH/c1-20-17(19)14-7-8-15(21-2)16(9-14)22-11-13-5-3-12(10-18)4-6-13;;/h3-9H,10-11,18H2,1-2H3,(H2,19,20);2*1H. The monoisotopic (exact) mass is 371 g/mol. The summed E-state index contributed by atoms with van der Waals surface area (Å²) in [5, 5.41) is 10.6. The smallest absolute Gasteiger partial charge is 0.162 e. The Hall–Kier alpha value is -1.95. The van der Waals surface area contributed by atoms with Gasteiger partial charge in [-0.2, -0.15) is 0 Å². The number of nitrogens with one attached hydrogen (secondary N) is 2. The average Bonchev–Trinajstić information content (AvgIpc) is 2.59. The molecular formula is C17H23Cl2N3O2. The summed E-state index contributed by atoms with van der Waals surface area (Å²) in [5.41, 5.74) is 8.47. The molecule has 2 aromatic rings. The molecule has 0 fully saturated rings. The van der Waals surface area contributed by atoms with Crippen LogP contribution in [0.25, 0.3) is 0 Å². The maximum Gasteiger partial charge on any atom is 0.162 e. The minimum Gasteiger partial charge on any atom is -0.493 e. The van der Waals surface area contributed by atoms with Gasteiger partial charge in [-0.1, -0.05) is 24.3 Å². The summed E-state index contributed by atoms with van der Waals surface area (Å²) < 4.78 is 11.1. The Morgan fingerprint density at radius 2 is 1.67 bits per heavy atom. The first-order valence-electron chi connectivity index (χ1n) is 7.03. The predicted molar refractivity (Wildman–Crippen MR) is 102 cm³/mol. The van der Waals surface area contributed by atoms with Gasteiger partial charge in [0.2, 0.25) is 0 Å². The Kier molecular flexibility index (Phi) is 9.88. The zero-order valence-electron chi connectivity index (χ0n) is 13.7. The van der Waals surface area contributed by atoms with Gasteiger partial charge in [0.1, 0.15) is 12.4 Å². The lowest BCUT2D eigenvalue weighted by Gasteiger charge is -2.13. The summed E-state index contributed by atoms with van der Waals surface area (Å²) in [4.78, 5) is 0. The lowest BCUT2D eigenvalue weighted by atomic mass is 10.1. The first-order valence-corrected chi connectivity index (χ1v) is 7.03. The number of nitrogens with two attached hydrogens (primary N) is 1. The molecule has 0 saturated carbocycles. The van der Waals surface area contributed by atoms with Crippen molar-refractivity contribution in [2.75, 3.05) is 14.2 Å². The van der Waals surface area contributed by atoms with Crippen LogP contribution in [0.1, 0.15) is 16.7 Å². The topological polar surface area (TPSA) is 80.4 Å². The molecule has 7 heteroatoms. The maximum atomic E-state index is 7.82. The largest absolute Gasteiger partial charge is 0.493 e. The summed E-state index contributed by atoms with van der Waals surface area (Å²) in [6.45, 7) is 0.959. The number of hydrogen-bond donors (Lipinski definition) is 3. The van der Waals surface area contributed by atoms with Crippen molar-refractivity contribution in [2.45, 2.75) is 13.2 Å². The zero-order valence-corrected chi connectivity index (χ0v) is 15.3. The van der Waals surface area contributed by atoms with E-state index in [0.29, 0.717) is 30.5 Å². The molecule has 0 aromatic heterocycles. The Morgan fingerprint density at radius 3 is 2.21 bits per heavy atom. The summed E-state index contributed by atoms with van der Waals surface area (Å²) in [6, 6.07) is 13.4. The van der Waals surface area contributed by atoms with Crippen molar-refractivity contribution < 1.29 is 9.47 Å². The number of benzene rings is 2. The number of ether oxygens (including phenoxy) is 2. The Balaban J connectivity index is 0.00000264. The number of rotatable bonds is 6. The van der Waals surface area contributed by atoms with E-state index in [2.05, 4.69) is 5.32 Å². The van der Waals surface area contributed by atoms with E-state index in [0.717, 1.165) is 16.7 Å². The van der Waals surface area contributed by atoms with E-state index < -0.39 is 0 Å². The minimum absolute atomic E-state index is 0. The predicted octanol–water partition coefficient (Wildman–Crippen LogP) is 3.12. The van der Waals surface area contributed by atoms with E-state index in [1.807, 2.05) is 30.3 Å². The van der Waals surface area contributed by atoms with Gasteiger partial charge in [0, 0.05) is 19.2 Å². The van der Waals surface area contributed by atoms with Gasteiger partial charge in [-0.25, -0.2) is 0 Å². The van der Waals surface area contributed by atoms with Crippen molar-refractivity contribution in [1.82, 2.24) is 5.32 Å². The highest BCUT2D eigenvalue weighted by Gasteiger charge is 2.08. The van der Waals surface area contributed by atoms with Gasteiger partial charge in [-0.3, -0.25) is 5.41 Å². The highest BCUT2D eigenvalue weighted by molar-refractivity contribution is 5.96. The molecule has 4 N–H and O–H groups in total. The van der Waals surface area contributed by atoms with Crippen molar-refractivity contribution >= 4 is 30.6 Å². The van der Waals surface area contributed by atoms with Crippen molar-refractivity contribution in [3.05, 3.63) is 59.2 Å². The number of halogens is 2. The number of hydrogen-bond acceptors (Lipinski definition) is 4. The van der Waals surface area contributed by atoms with Crippen LogP contribution in [-0.4, -0.2) is 20.0 Å². The number of methoxy groups -OCH3 is 1. The summed E-state index contributed by atoms with van der Waals surface area (Å²) in [5.74, 6) is 1.59. The zero-order chi connectivity index (χ0) is 15.9. The molecule has 2 aromatic carbocycles. The van der Waals surface area contributed by atoms with Crippen LogP contribution in [0, 0.1) is 5.41 Å². The molecule has 0 aliphatic rings. The van der Waals surface area contributed by atoms with Crippen LogP contribution in [0.5, 0.6) is 11.5 Å². The second-order valence-electron chi connectivity index (χ2n) is 4.80. The van der Waals surface area contributed by atoms with Crippen molar-refractivity contribution in [3.8, 4) is 11.5 Å². The van der Waals surface area contributed by atoms with Crippen molar-refractivity contribution in [3.63, 3.8) is 0 Å². The third-order valence-corrected chi connectivity index (χ3v) is 3.36. The molecule has 0 aliphatic heterocycles. The third-order valence-electron chi connectivity index (χ3n) is 3.36. The highest BCUT2D eigenvalue weighted by Crippen LogP contribution is 2.28. The van der Waals surface area contributed by atoms with Gasteiger partial charge < -0.3 is 20.5 Å². The molecule has 0 aliphatic carbocycles. The van der Waals surface area contributed by atoms with E-state index in [1.54, 1.807) is 26.3 Å². The van der Waals surface area contributed by atoms with Crippen LogP contribution in [-0.2, 0) is 13.2 Å². The molecule has 0 unspecified atom stereocenters. The van der Waals surface area contributed by atoms with E-state index in [4.69, 9.17) is 20.6 Å². The van der Waals surface area contributed by atoms with E-state index >= 15 is 0 Å². The molecule has 0 spiro atoms. The first kappa shape index (κ1) is 22.1. The van der Waals surface area contributed by atoms with Crippen LogP contribution in [0.2, 0.25) is 0 Å². The average molecular weight is 372 g/mol. The fraction of sp³-hybridized carbons (Fsp3) is 0.235. The van der Waals surface area contributed by atoms with Crippen LogP contribution >= 0.6 is 24.8 Å². The Bertz CT molecular complexity index is 649. The molecule has 0 atom stereocenters. The van der Waals surface area contributed by atoms with Crippen LogP contribution in [0.4, 0.5) is 0 Å². The normalized spacial score (nSPS) is 9.29. The third kappa shape index (κ3) is 5.60. The Morgan fingerprint density at radius 1 is 1.04 bits per heavy atom. The quantitative estimate of drug-likeness (QED) is 0.538. The van der Waals surface area contributed by atoms with Crippen LogP contribution in [0.15, 0.2) is 42.5 Å². The van der Waals surface area contributed by atoms with Crippen LogP contribution in [0.3, 0.4) is 0 Å². The van der Waals surface area contributed by atoms with Gasteiger partial charge in [-0.05, 0) is 29.3 Å². The fourth-order valence-corrected chi connectivity index (χ4v) is 2.02. The highest BCUT2D eigenvalue weighted by atomic mass is 35.5. The lowest BCUT2D eigenvalue weighted by molar-refractivity contribution is 0.284. The van der Waals surface area contributed by atoms with E-state index in [-0.39, 0.29) is 24.8 Å². The van der Waals surface area contributed by atoms with Crippen LogP contribution < -0.4 is 20.5 Å². The van der Waals surface area contributed by atoms with Crippen molar-refractivity contribution in [2.24, 2.45) is 5.73 Å². The molecular weight excluding hydrogens is 349 g/mol. The second-order valence-corrected chi connectivity index (χ2v) is 4.80. The summed E-state index contributed by atoms with van der Waals surface area (Å²) in [7, 11) is 3.31. The van der Waals surface area contributed by atoms with Gasteiger partial charge in [-0.15, -0.1) is 24.8 Å². The SMILES string of the molecule is CNC(=N)c1ccc(OC)c(OCc2ccc(CN)cc2)c1.Cl.Cl. The maximum absolute atomic E-state index is 7.82. The number of amidine groups is 1. The molecule has 0 heterocycles. The van der Waals surface area contributed by atoms with E-state index in [1.165, 1.54) is 0 Å².